The Morgan fingerprint density at radius 2 is 2.25 bits per heavy atom. The zero-order valence-corrected chi connectivity index (χ0v) is 13.5. The Kier molecular flexibility index (Phi) is 6.52. The Hall–Kier alpha value is -2.65. The number of carbonyl (C=O) groups is 3. The number of nitrogens with zero attached hydrogens (tertiary/aromatic N) is 2. The summed E-state index contributed by atoms with van der Waals surface area (Å²) in [4.78, 5) is 38.3. The summed E-state index contributed by atoms with van der Waals surface area (Å²) >= 11 is 0. The van der Waals surface area contributed by atoms with Gasteiger partial charge >= 0.3 is 12.0 Å². The molecule has 1 saturated heterocycles. The monoisotopic (exact) mass is 339 g/mol. The number of ether oxygens (including phenoxy) is 1. The molecule has 0 radical (unpaired) electrons. The number of hydrogen-bond acceptors (Lipinski definition) is 7. The van der Waals surface area contributed by atoms with Crippen LogP contribution in [0.3, 0.4) is 0 Å². The van der Waals surface area contributed by atoms with E-state index in [1.807, 2.05) is 0 Å². The van der Waals surface area contributed by atoms with Crippen molar-refractivity contribution in [2.24, 2.45) is 0 Å². The average molecular weight is 339 g/mol. The topological polar surface area (TPSA) is 135 Å². The summed E-state index contributed by atoms with van der Waals surface area (Å²) in [5.41, 5.74) is 0. The van der Waals surface area contributed by atoms with Crippen LogP contribution in [0, 0.1) is 0 Å². The molecule has 10 nitrogen and oxygen atoms in total. The highest BCUT2D eigenvalue weighted by atomic mass is 16.5. The van der Waals surface area contributed by atoms with Crippen LogP contribution in [-0.2, 0) is 20.9 Å². The van der Waals surface area contributed by atoms with Crippen LogP contribution in [0.1, 0.15) is 43.8 Å². The number of hydrogen-bond donors (Lipinski definition) is 3. The predicted octanol–water partition coefficient (Wildman–Crippen LogP) is -0.184. The van der Waals surface area contributed by atoms with Crippen molar-refractivity contribution in [2.75, 3.05) is 19.7 Å². The average Bonchev–Trinajstić information content (AvgIpc) is 3.02. The molecule has 1 aliphatic heterocycles. The maximum absolute atomic E-state index is 11.6. The van der Waals surface area contributed by atoms with Crippen molar-refractivity contribution in [3.05, 3.63) is 11.7 Å². The fourth-order valence-corrected chi connectivity index (χ4v) is 2.24. The molecule has 132 valence electrons. The minimum absolute atomic E-state index is 0.0308. The van der Waals surface area contributed by atoms with Crippen LogP contribution in [-0.4, -0.2) is 47.7 Å². The Morgan fingerprint density at radius 1 is 1.42 bits per heavy atom. The van der Waals surface area contributed by atoms with Crippen LogP contribution >= 0.6 is 0 Å². The quantitative estimate of drug-likeness (QED) is 0.586. The second-order valence-electron chi connectivity index (χ2n) is 5.25. The van der Waals surface area contributed by atoms with Gasteiger partial charge in [-0.3, -0.25) is 9.59 Å². The number of nitrogens with one attached hydrogen (secondary N) is 3. The Bertz CT molecular complexity index is 588. The molecule has 3 amide bonds. The molecule has 2 rings (SSSR count). The summed E-state index contributed by atoms with van der Waals surface area (Å²) in [6.45, 7) is 2.87. The van der Waals surface area contributed by atoms with Crippen LogP contribution < -0.4 is 16.0 Å². The largest absolute Gasteiger partial charge is 0.466 e. The van der Waals surface area contributed by atoms with Crippen LogP contribution in [0.2, 0.25) is 0 Å². The lowest BCUT2D eigenvalue weighted by Gasteiger charge is -2.18. The van der Waals surface area contributed by atoms with Crippen molar-refractivity contribution in [1.29, 1.82) is 0 Å². The second-order valence-corrected chi connectivity index (χ2v) is 5.25. The van der Waals surface area contributed by atoms with Crippen LogP contribution in [0.25, 0.3) is 0 Å². The molecule has 24 heavy (non-hydrogen) atoms. The lowest BCUT2D eigenvalue weighted by molar-refractivity contribution is -0.142. The highest BCUT2D eigenvalue weighted by Gasteiger charge is 2.25. The zero-order chi connectivity index (χ0) is 17.4. The summed E-state index contributed by atoms with van der Waals surface area (Å²) in [6.07, 6.45) is 1.20. The highest BCUT2D eigenvalue weighted by Crippen LogP contribution is 2.22. The Balaban J connectivity index is 1.69. The first-order valence-electron chi connectivity index (χ1n) is 7.85. The van der Waals surface area contributed by atoms with Crippen molar-refractivity contribution in [3.63, 3.8) is 0 Å². The van der Waals surface area contributed by atoms with Crippen molar-refractivity contribution in [3.8, 4) is 0 Å². The van der Waals surface area contributed by atoms with E-state index in [2.05, 4.69) is 26.1 Å². The molecule has 2 heterocycles. The summed E-state index contributed by atoms with van der Waals surface area (Å²) in [6, 6.07) is -0.448. The zero-order valence-electron chi connectivity index (χ0n) is 13.5. The third-order valence-corrected chi connectivity index (χ3v) is 3.42. The maximum Gasteiger partial charge on any atom is 0.315 e. The van der Waals surface area contributed by atoms with Crippen molar-refractivity contribution in [1.82, 2.24) is 26.1 Å². The molecule has 0 saturated carbocycles. The highest BCUT2D eigenvalue weighted by molar-refractivity contribution is 5.77. The minimum atomic E-state index is -0.448. The molecular weight excluding hydrogens is 318 g/mol. The minimum Gasteiger partial charge on any atom is -0.466 e. The van der Waals surface area contributed by atoms with E-state index in [1.165, 1.54) is 0 Å². The van der Waals surface area contributed by atoms with E-state index in [4.69, 9.17) is 9.26 Å². The van der Waals surface area contributed by atoms with Crippen molar-refractivity contribution >= 4 is 17.9 Å². The number of aromatic nitrogens is 2. The molecular formula is C14H21N5O5. The number of urea groups is 1. The van der Waals surface area contributed by atoms with Crippen molar-refractivity contribution in [2.45, 2.75) is 38.6 Å². The molecule has 0 bridgehead atoms. The second kappa shape index (κ2) is 8.85. The van der Waals surface area contributed by atoms with E-state index >= 15 is 0 Å². The molecule has 0 aromatic carbocycles. The Morgan fingerprint density at radius 3 is 3.00 bits per heavy atom. The Labute approximate surface area is 138 Å². The molecule has 1 aliphatic rings. The van der Waals surface area contributed by atoms with Gasteiger partial charge in [-0.2, -0.15) is 4.98 Å². The molecule has 1 aromatic heterocycles. The van der Waals surface area contributed by atoms with Gasteiger partial charge in [-0.1, -0.05) is 5.16 Å². The maximum atomic E-state index is 11.6. The van der Waals surface area contributed by atoms with E-state index in [9.17, 15) is 14.4 Å². The van der Waals surface area contributed by atoms with E-state index in [1.54, 1.807) is 6.92 Å². The van der Waals surface area contributed by atoms with E-state index in [0.717, 1.165) is 6.42 Å². The van der Waals surface area contributed by atoms with Gasteiger partial charge in [-0.25, -0.2) is 4.79 Å². The molecule has 1 aromatic rings. The van der Waals surface area contributed by atoms with Gasteiger partial charge in [0.1, 0.15) is 0 Å². The first-order chi connectivity index (χ1) is 11.6. The van der Waals surface area contributed by atoms with E-state index in [0.29, 0.717) is 25.4 Å². The van der Waals surface area contributed by atoms with Crippen LogP contribution in [0.4, 0.5) is 4.79 Å². The van der Waals surface area contributed by atoms with Crippen molar-refractivity contribution < 1.29 is 23.6 Å². The van der Waals surface area contributed by atoms with Gasteiger partial charge in [0.15, 0.2) is 5.82 Å². The summed E-state index contributed by atoms with van der Waals surface area (Å²) in [5.74, 6) is 0.281. The first-order valence-corrected chi connectivity index (χ1v) is 7.85. The molecule has 0 aliphatic carbocycles. The summed E-state index contributed by atoms with van der Waals surface area (Å²) in [7, 11) is 0. The molecule has 3 N–H and O–H groups in total. The number of piperidine rings is 1. The lowest BCUT2D eigenvalue weighted by Crippen LogP contribution is -2.36. The number of esters is 1. The number of carbonyl (C=O) groups excluding carboxylic acids is 3. The van der Waals surface area contributed by atoms with E-state index < -0.39 is 6.03 Å². The first kappa shape index (κ1) is 17.7. The third kappa shape index (κ3) is 5.52. The molecule has 1 atom stereocenters. The fourth-order valence-electron chi connectivity index (χ4n) is 2.24. The van der Waals surface area contributed by atoms with E-state index in [-0.39, 0.29) is 43.2 Å². The predicted molar refractivity (Wildman–Crippen MR) is 80.8 cm³/mol. The van der Waals surface area contributed by atoms with Gasteiger partial charge in [-0.15, -0.1) is 0 Å². The van der Waals surface area contributed by atoms with Gasteiger partial charge in [0, 0.05) is 25.4 Å². The van der Waals surface area contributed by atoms with Crippen LogP contribution in [0.5, 0.6) is 0 Å². The molecule has 0 spiro atoms. The summed E-state index contributed by atoms with van der Waals surface area (Å²) < 4.78 is 9.82. The number of rotatable bonds is 7. The lowest BCUT2D eigenvalue weighted by atomic mass is 9.97. The molecule has 1 fully saturated rings. The van der Waals surface area contributed by atoms with Gasteiger partial charge in [0.2, 0.25) is 11.8 Å². The smallest absolute Gasteiger partial charge is 0.315 e. The van der Waals surface area contributed by atoms with Crippen LogP contribution in [0.15, 0.2) is 4.52 Å². The fraction of sp³-hybridized carbons (Fsp3) is 0.643. The van der Waals surface area contributed by atoms with Gasteiger partial charge in [-0.05, 0) is 13.3 Å². The normalized spacial score (nSPS) is 17.0. The third-order valence-electron chi connectivity index (χ3n) is 3.42. The molecule has 1 unspecified atom stereocenters. The summed E-state index contributed by atoms with van der Waals surface area (Å²) in [5, 5.41) is 11.7. The van der Waals surface area contributed by atoms with Gasteiger partial charge in [0.25, 0.3) is 0 Å². The SMILES string of the molecule is CCOC(=O)CCNC(=O)NCc1nc(C2CCNC(=O)C2)no1. The standard InChI is InChI=1S/C14H21N5O5/c1-2-23-12(21)4-6-16-14(22)17-8-11-18-13(19-24-11)9-3-5-15-10(20)7-9/h9H,2-8H2,1H3,(H,15,20)(H2,16,17,22). The number of amides is 3. The molecule has 10 heteroatoms. The van der Waals surface area contributed by atoms with Gasteiger partial charge < -0.3 is 25.2 Å². The van der Waals surface area contributed by atoms with Gasteiger partial charge in [0.05, 0.1) is 19.6 Å².